The van der Waals surface area contributed by atoms with Crippen LogP contribution < -0.4 is 5.56 Å². The number of hydrogen-bond acceptors (Lipinski definition) is 3. The van der Waals surface area contributed by atoms with Gasteiger partial charge in [-0.15, -0.1) is 0 Å². The van der Waals surface area contributed by atoms with Crippen molar-refractivity contribution in [2.75, 3.05) is 0 Å². The number of para-hydroxylation sites is 1. The average molecular weight is 233 g/mol. The monoisotopic (exact) mass is 233 g/mol. The molecular weight excluding hydrogens is 222 g/mol. The van der Waals surface area contributed by atoms with E-state index in [0.717, 1.165) is 0 Å². The van der Waals surface area contributed by atoms with E-state index < -0.39 is 17.4 Å². The van der Waals surface area contributed by atoms with Gasteiger partial charge in [-0.1, -0.05) is 12.1 Å². The third-order valence-electron chi connectivity index (χ3n) is 2.73. The molecule has 1 aromatic carbocycles. The van der Waals surface area contributed by atoms with Crippen molar-refractivity contribution in [2.45, 2.75) is 12.8 Å². The van der Waals surface area contributed by atoms with E-state index in [0.29, 0.717) is 10.9 Å². The molecule has 0 radical (unpaired) electrons. The summed E-state index contributed by atoms with van der Waals surface area (Å²) in [6, 6.07) is 6.69. The van der Waals surface area contributed by atoms with Gasteiger partial charge in [-0.25, -0.2) is 0 Å². The number of carboxylic acid groups (broad SMARTS) is 1. The number of carboxylic acids is 1. The van der Waals surface area contributed by atoms with Crippen LogP contribution in [0.5, 0.6) is 5.75 Å². The molecule has 17 heavy (non-hydrogen) atoms. The zero-order valence-electron chi connectivity index (χ0n) is 9.10. The van der Waals surface area contributed by atoms with Crippen LogP contribution in [0.15, 0.2) is 29.1 Å². The van der Waals surface area contributed by atoms with Gasteiger partial charge in [0, 0.05) is 5.39 Å². The molecule has 0 saturated heterocycles. The first-order valence-corrected chi connectivity index (χ1v) is 5.09. The topological polar surface area (TPSA) is 90.4 Å². The molecule has 1 atom stereocenters. The maximum atomic E-state index is 11.7. The molecule has 0 bridgehead atoms. The second-order valence-electron chi connectivity index (χ2n) is 3.82. The lowest BCUT2D eigenvalue weighted by Gasteiger charge is -2.10. The van der Waals surface area contributed by atoms with Crippen molar-refractivity contribution in [1.82, 2.24) is 4.98 Å². The van der Waals surface area contributed by atoms with Crippen molar-refractivity contribution in [3.05, 3.63) is 40.2 Å². The standard InChI is InChI=1S/C12H11NO4/c1-6(12(16)17)9-10(14)7-4-2-3-5-8(7)13-11(9)15/h2-6H,1H3,(H,16,17)(H2,13,14,15). The number of aromatic nitrogens is 1. The Kier molecular flexibility index (Phi) is 2.59. The number of H-pyrrole nitrogens is 1. The summed E-state index contributed by atoms with van der Waals surface area (Å²) in [7, 11) is 0. The number of carbonyl (C=O) groups is 1. The van der Waals surface area contributed by atoms with Gasteiger partial charge in [0.1, 0.15) is 5.75 Å². The van der Waals surface area contributed by atoms with Crippen LogP contribution in [0.2, 0.25) is 0 Å². The summed E-state index contributed by atoms with van der Waals surface area (Å²) in [5, 5.41) is 19.3. The van der Waals surface area contributed by atoms with Gasteiger partial charge >= 0.3 is 5.97 Å². The summed E-state index contributed by atoms with van der Waals surface area (Å²) in [6.45, 7) is 1.36. The second kappa shape index (κ2) is 3.93. The van der Waals surface area contributed by atoms with Gasteiger partial charge in [-0.2, -0.15) is 0 Å². The molecule has 0 aliphatic rings. The van der Waals surface area contributed by atoms with Crippen LogP contribution >= 0.6 is 0 Å². The summed E-state index contributed by atoms with van der Waals surface area (Å²) in [4.78, 5) is 25.2. The SMILES string of the molecule is CC(C(=O)O)c1c(O)c2ccccc2[nH]c1=O. The summed E-state index contributed by atoms with van der Waals surface area (Å²) >= 11 is 0. The van der Waals surface area contributed by atoms with Crippen LogP contribution in [0.1, 0.15) is 18.4 Å². The number of rotatable bonds is 2. The normalized spacial score (nSPS) is 12.5. The molecule has 88 valence electrons. The van der Waals surface area contributed by atoms with Crippen molar-refractivity contribution < 1.29 is 15.0 Å². The largest absolute Gasteiger partial charge is 0.507 e. The fourth-order valence-electron chi connectivity index (χ4n) is 1.77. The van der Waals surface area contributed by atoms with Crippen LogP contribution in [0.3, 0.4) is 0 Å². The van der Waals surface area contributed by atoms with E-state index >= 15 is 0 Å². The van der Waals surface area contributed by atoms with Crippen LogP contribution in [-0.4, -0.2) is 21.2 Å². The third kappa shape index (κ3) is 1.75. The fraction of sp³-hybridized carbons (Fsp3) is 0.167. The van der Waals surface area contributed by atoms with Crippen molar-refractivity contribution in [1.29, 1.82) is 0 Å². The number of aromatic amines is 1. The van der Waals surface area contributed by atoms with Crippen molar-refractivity contribution >= 4 is 16.9 Å². The highest BCUT2D eigenvalue weighted by atomic mass is 16.4. The molecule has 0 aliphatic heterocycles. The summed E-state index contributed by atoms with van der Waals surface area (Å²) in [5.41, 5.74) is -0.205. The summed E-state index contributed by atoms with van der Waals surface area (Å²) in [6.07, 6.45) is 0. The first-order valence-electron chi connectivity index (χ1n) is 5.09. The minimum absolute atomic E-state index is 0.115. The van der Waals surface area contributed by atoms with Gasteiger partial charge in [-0.05, 0) is 19.1 Å². The number of aliphatic carboxylic acids is 1. The van der Waals surface area contributed by atoms with E-state index in [2.05, 4.69) is 4.98 Å². The number of aromatic hydroxyl groups is 1. The highest BCUT2D eigenvalue weighted by Crippen LogP contribution is 2.29. The molecule has 1 unspecified atom stereocenters. The lowest BCUT2D eigenvalue weighted by molar-refractivity contribution is -0.138. The highest BCUT2D eigenvalue weighted by molar-refractivity contribution is 5.88. The van der Waals surface area contributed by atoms with Crippen molar-refractivity contribution in [3.63, 3.8) is 0 Å². The molecule has 2 aromatic rings. The first kappa shape index (κ1) is 11.2. The zero-order valence-corrected chi connectivity index (χ0v) is 9.10. The Morgan fingerprint density at radius 1 is 1.35 bits per heavy atom. The van der Waals surface area contributed by atoms with Gasteiger partial charge in [-0.3, -0.25) is 9.59 Å². The van der Waals surface area contributed by atoms with Gasteiger partial charge in [0.15, 0.2) is 0 Å². The lowest BCUT2D eigenvalue weighted by Crippen LogP contribution is -2.20. The maximum Gasteiger partial charge on any atom is 0.311 e. The number of fused-ring (bicyclic) bond motifs is 1. The van der Waals surface area contributed by atoms with Crippen molar-refractivity contribution in [2.24, 2.45) is 0 Å². The molecular formula is C12H11NO4. The second-order valence-corrected chi connectivity index (χ2v) is 3.82. The quantitative estimate of drug-likeness (QED) is 0.731. The Balaban J connectivity index is 2.81. The zero-order chi connectivity index (χ0) is 12.6. The first-order chi connectivity index (χ1) is 8.02. The Hall–Kier alpha value is -2.30. The fourth-order valence-corrected chi connectivity index (χ4v) is 1.77. The Bertz CT molecular complexity index is 644. The van der Waals surface area contributed by atoms with E-state index in [4.69, 9.17) is 5.11 Å². The maximum absolute atomic E-state index is 11.7. The minimum atomic E-state index is -1.15. The molecule has 0 amide bonds. The van der Waals surface area contributed by atoms with Crippen LogP contribution in [-0.2, 0) is 4.79 Å². The van der Waals surface area contributed by atoms with E-state index in [-0.39, 0.29) is 11.3 Å². The third-order valence-corrected chi connectivity index (χ3v) is 2.73. The molecule has 1 aromatic heterocycles. The summed E-state index contributed by atoms with van der Waals surface area (Å²) < 4.78 is 0. The van der Waals surface area contributed by atoms with E-state index in [9.17, 15) is 14.7 Å². The van der Waals surface area contributed by atoms with Gasteiger partial charge < -0.3 is 15.2 Å². The predicted octanol–water partition coefficient (Wildman–Crippen LogP) is 1.42. The van der Waals surface area contributed by atoms with E-state index in [1.165, 1.54) is 6.92 Å². The Morgan fingerprint density at radius 3 is 2.65 bits per heavy atom. The summed E-state index contributed by atoms with van der Waals surface area (Å²) in [5.74, 6) is -2.47. The van der Waals surface area contributed by atoms with Gasteiger partial charge in [0.25, 0.3) is 5.56 Å². The van der Waals surface area contributed by atoms with Crippen molar-refractivity contribution in [3.8, 4) is 5.75 Å². The molecule has 1 heterocycles. The number of nitrogens with one attached hydrogen (secondary N) is 1. The Labute approximate surface area is 96.3 Å². The molecule has 0 aliphatic carbocycles. The number of pyridine rings is 1. The minimum Gasteiger partial charge on any atom is -0.507 e. The molecule has 0 saturated carbocycles. The molecule has 5 heteroatoms. The Morgan fingerprint density at radius 2 is 2.00 bits per heavy atom. The molecule has 2 rings (SSSR count). The van der Waals surface area contributed by atoms with Crippen LogP contribution in [0.25, 0.3) is 10.9 Å². The highest BCUT2D eigenvalue weighted by Gasteiger charge is 2.22. The number of hydrogen-bond donors (Lipinski definition) is 3. The van der Waals surface area contributed by atoms with Gasteiger partial charge in [0.05, 0.1) is 17.0 Å². The molecule has 3 N–H and O–H groups in total. The van der Waals surface area contributed by atoms with E-state index in [1.807, 2.05) is 0 Å². The molecule has 5 nitrogen and oxygen atoms in total. The van der Waals surface area contributed by atoms with Crippen LogP contribution in [0.4, 0.5) is 0 Å². The smallest absolute Gasteiger partial charge is 0.311 e. The number of benzene rings is 1. The average Bonchev–Trinajstić information content (AvgIpc) is 2.28. The van der Waals surface area contributed by atoms with Crippen LogP contribution in [0, 0.1) is 0 Å². The molecule has 0 spiro atoms. The van der Waals surface area contributed by atoms with E-state index in [1.54, 1.807) is 24.3 Å². The lowest BCUT2D eigenvalue weighted by atomic mass is 10.00. The predicted molar refractivity (Wildman–Crippen MR) is 62.3 cm³/mol. The molecule has 0 fully saturated rings. The van der Waals surface area contributed by atoms with Gasteiger partial charge in [0.2, 0.25) is 0 Å².